The average Bonchev–Trinajstić information content (AvgIpc) is 2.15. The third-order valence-corrected chi connectivity index (χ3v) is 1.61. The zero-order chi connectivity index (χ0) is 9.68. The fraction of sp³-hybridized carbons (Fsp3) is 0.200. The molecule has 1 aromatic rings. The Morgan fingerprint density at radius 2 is 2.08 bits per heavy atom. The van der Waals surface area contributed by atoms with Crippen LogP contribution in [-0.2, 0) is 4.79 Å². The maximum atomic E-state index is 10.7. The van der Waals surface area contributed by atoms with Crippen molar-refractivity contribution in [3.63, 3.8) is 0 Å². The molecule has 0 heterocycles. The summed E-state index contributed by atoms with van der Waals surface area (Å²) >= 11 is 0. The molecule has 0 aliphatic rings. The van der Waals surface area contributed by atoms with Crippen LogP contribution in [0.1, 0.15) is 18.5 Å². The van der Waals surface area contributed by atoms with E-state index in [1.54, 1.807) is 0 Å². The molecule has 0 bridgehead atoms. The predicted octanol–water partition coefficient (Wildman–Crippen LogP) is 1.39. The van der Waals surface area contributed by atoms with E-state index in [4.69, 9.17) is 5.26 Å². The number of rotatable bonds is 2. The van der Waals surface area contributed by atoms with E-state index in [9.17, 15) is 4.79 Å². The van der Waals surface area contributed by atoms with E-state index in [1.807, 2.05) is 36.4 Å². The number of hydrogen-bond donors (Lipinski definition) is 1. The van der Waals surface area contributed by atoms with E-state index in [0.29, 0.717) is 0 Å². The third kappa shape index (κ3) is 2.60. The number of nitrogens with zero attached hydrogens (tertiary/aromatic N) is 1. The Labute approximate surface area is 77.0 Å². The van der Waals surface area contributed by atoms with Crippen molar-refractivity contribution in [1.29, 1.82) is 5.26 Å². The summed E-state index contributed by atoms with van der Waals surface area (Å²) in [4.78, 5) is 10.7. The molecule has 0 spiro atoms. The van der Waals surface area contributed by atoms with Crippen molar-refractivity contribution >= 4 is 5.91 Å². The van der Waals surface area contributed by atoms with Gasteiger partial charge in [0.15, 0.2) is 0 Å². The van der Waals surface area contributed by atoms with Crippen molar-refractivity contribution in [3.8, 4) is 6.07 Å². The summed E-state index contributed by atoms with van der Waals surface area (Å²) in [7, 11) is 0. The van der Waals surface area contributed by atoms with Crippen LogP contribution in [0.5, 0.6) is 0 Å². The van der Waals surface area contributed by atoms with Crippen LogP contribution in [0.25, 0.3) is 0 Å². The highest BCUT2D eigenvalue weighted by molar-refractivity contribution is 5.73. The van der Waals surface area contributed by atoms with E-state index < -0.39 is 6.04 Å². The molecule has 1 atom stereocenters. The van der Waals surface area contributed by atoms with E-state index in [-0.39, 0.29) is 5.91 Å². The predicted molar refractivity (Wildman–Crippen MR) is 48.6 cm³/mol. The highest BCUT2D eigenvalue weighted by Gasteiger charge is 2.09. The molecule has 3 nitrogen and oxygen atoms in total. The van der Waals surface area contributed by atoms with Crippen molar-refractivity contribution in [2.75, 3.05) is 0 Å². The minimum atomic E-state index is -0.543. The maximum Gasteiger partial charge on any atom is 0.218 e. The van der Waals surface area contributed by atoms with Gasteiger partial charge in [-0.1, -0.05) is 30.3 Å². The van der Waals surface area contributed by atoms with Gasteiger partial charge in [0, 0.05) is 6.92 Å². The van der Waals surface area contributed by atoms with Crippen molar-refractivity contribution in [2.45, 2.75) is 13.0 Å². The first-order chi connectivity index (χ1) is 6.24. The highest BCUT2D eigenvalue weighted by Crippen LogP contribution is 2.10. The first-order valence-electron chi connectivity index (χ1n) is 3.95. The molecule has 66 valence electrons. The second kappa shape index (κ2) is 4.27. The summed E-state index contributed by atoms with van der Waals surface area (Å²) in [6.45, 7) is 1.40. The largest absolute Gasteiger partial charge is 0.337 e. The Morgan fingerprint density at radius 1 is 1.46 bits per heavy atom. The second-order valence-corrected chi connectivity index (χ2v) is 2.67. The summed E-state index contributed by atoms with van der Waals surface area (Å²) in [6, 6.07) is 10.6. The number of hydrogen-bond acceptors (Lipinski definition) is 2. The fourth-order valence-corrected chi connectivity index (χ4v) is 1.04. The van der Waals surface area contributed by atoms with Gasteiger partial charge in [-0.25, -0.2) is 0 Å². The van der Waals surface area contributed by atoms with Gasteiger partial charge in [-0.3, -0.25) is 4.79 Å². The first kappa shape index (κ1) is 9.27. The van der Waals surface area contributed by atoms with Crippen LogP contribution in [0.2, 0.25) is 0 Å². The molecule has 1 amide bonds. The van der Waals surface area contributed by atoms with Gasteiger partial charge in [0.2, 0.25) is 5.91 Å². The first-order valence-corrected chi connectivity index (χ1v) is 3.95. The molecule has 1 N–H and O–H groups in total. The average molecular weight is 174 g/mol. The van der Waals surface area contributed by atoms with Gasteiger partial charge in [0.25, 0.3) is 0 Å². The summed E-state index contributed by atoms with van der Waals surface area (Å²) in [5, 5.41) is 11.3. The van der Waals surface area contributed by atoms with Crippen molar-refractivity contribution in [3.05, 3.63) is 35.9 Å². The van der Waals surface area contributed by atoms with Gasteiger partial charge >= 0.3 is 0 Å². The normalized spacial score (nSPS) is 11.4. The lowest BCUT2D eigenvalue weighted by Gasteiger charge is -2.09. The van der Waals surface area contributed by atoms with Crippen molar-refractivity contribution in [1.82, 2.24) is 5.32 Å². The highest BCUT2D eigenvalue weighted by atomic mass is 16.1. The number of benzene rings is 1. The SMILES string of the molecule is CC(=O)NC(C#N)c1ccccc1. The van der Waals surface area contributed by atoms with Gasteiger partial charge in [0.05, 0.1) is 6.07 Å². The van der Waals surface area contributed by atoms with Crippen molar-refractivity contribution in [2.24, 2.45) is 0 Å². The minimum Gasteiger partial charge on any atom is -0.337 e. The number of nitrogens with one attached hydrogen (secondary N) is 1. The molecule has 0 aromatic heterocycles. The Balaban J connectivity index is 2.80. The van der Waals surface area contributed by atoms with Crippen LogP contribution in [-0.4, -0.2) is 5.91 Å². The molecule has 0 saturated carbocycles. The number of carbonyl (C=O) groups excluding carboxylic acids is 1. The summed E-state index contributed by atoms with van der Waals surface area (Å²) in [5.41, 5.74) is 0.806. The topological polar surface area (TPSA) is 52.9 Å². The van der Waals surface area contributed by atoms with E-state index in [2.05, 4.69) is 5.32 Å². The Kier molecular flexibility index (Phi) is 3.04. The minimum absolute atomic E-state index is 0.199. The lowest BCUT2D eigenvalue weighted by atomic mass is 10.1. The lowest BCUT2D eigenvalue weighted by molar-refractivity contribution is -0.119. The van der Waals surface area contributed by atoms with E-state index in [1.165, 1.54) is 6.92 Å². The molecule has 13 heavy (non-hydrogen) atoms. The zero-order valence-corrected chi connectivity index (χ0v) is 7.32. The fourth-order valence-electron chi connectivity index (χ4n) is 1.04. The van der Waals surface area contributed by atoms with Crippen LogP contribution in [0.4, 0.5) is 0 Å². The molecule has 3 heteroatoms. The standard InChI is InChI=1S/C10H10N2O/c1-8(13)12-10(7-11)9-5-3-2-4-6-9/h2-6,10H,1H3,(H,12,13). The Morgan fingerprint density at radius 3 is 2.54 bits per heavy atom. The second-order valence-electron chi connectivity index (χ2n) is 2.67. The van der Waals surface area contributed by atoms with Crippen LogP contribution in [0.3, 0.4) is 0 Å². The van der Waals surface area contributed by atoms with Gasteiger partial charge in [0.1, 0.15) is 6.04 Å². The molecule has 1 aromatic carbocycles. The number of nitriles is 1. The molecule has 1 unspecified atom stereocenters. The molecule has 0 fully saturated rings. The van der Waals surface area contributed by atoms with E-state index >= 15 is 0 Å². The molecular weight excluding hydrogens is 164 g/mol. The van der Waals surface area contributed by atoms with Gasteiger partial charge in [-0.2, -0.15) is 5.26 Å². The molecule has 0 aliphatic carbocycles. The van der Waals surface area contributed by atoms with Crippen LogP contribution in [0.15, 0.2) is 30.3 Å². The number of amides is 1. The Hall–Kier alpha value is -1.82. The maximum absolute atomic E-state index is 10.7. The van der Waals surface area contributed by atoms with Crippen LogP contribution < -0.4 is 5.32 Å². The third-order valence-electron chi connectivity index (χ3n) is 1.61. The molecule has 0 aliphatic heterocycles. The molecule has 1 rings (SSSR count). The summed E-state index contributed by atoms with van der Waals surface area (Å²) < 4.78 is 0. The molecule has 0 radical (unpaired) electrons. The summed E-state index contributed by atoms with van der Waals surface area (Å²) in [5.74, 6) is -0.199. The van der Waals surface area contributed by atoms with Crippen LogP contribution in [0, 0.1) is 11.3 Å². The van der Waals surface area contributed by atoms with Gasteiger partial charge in [-0.15, -0.1) is 0 Å². The Bertz CT molecular complexity index is 327. The monoisotopic (exact) mass is 174 g/mol. The van der Waals surface area contributed by atoms with E-state index in [0.717, 1.165) is 5.56 Å². The summed E-state index contributed by atoms with van der Waals surface area (Å²) in [6.07, 6.45) is 0. The van der Waals surface area contributed by atoms with Gasteiger partial charge in [-0.05, 0) is 5.56 Å². The van der Waals surface area contributed by atoms with Gasteiger partial charge < -0.3 is 5.32 Å². The van der Waals surface area contributed by atoms with Crippen molar-refractivity contribution < 1.29 is 4.79 Å². The zero-order valence-electron chi connectivity index (χ0n) is 7.32. The lowest BCUT2D eigenvalue weighted by Crippen LogP contribution is -2.24. The molecular formula is C10H10N2O. The van der Waals surface area contributed by atoms with Crippen LogP contribution >= 0.6 is 0 Å². The smallest absolute Gasteiger partial charge is 0.218 e. The quantitative estimate of drug-likeness (QED) is 0.736. The molecule has 0 saturated heterocycles. The number of carbonyl (C=O) groups is 1.